The van der Waals surface area contributed by atoms with Crippen molar-refractivity contribution in [3.05, 3.63) is 0 Å². The standard InChI is InChI=1S/C8H15NO7S/c1-16-3-2-4-17(14,15)9(5-7(10)11)6-8(12)13/h2-6H2,1H3,(H,10,11)(H,12,13). The number of ether oxygens (including phenoxy) is 1. The van der Waals surface area contributed by atoms with Crippen LogP contribution in [0.25, 0.3) is 0 Å². The molecule has 0 fully saturated rings. The van der Waals surface area contributed by atoms with Gasteiger partial charge in [0, 0.05) is 13.7 Å². The van der Waals surface area contributed by atoms with Crippen molar-refractivity contribution in [3.8, 4) is 0 Å². The molecular formula is C8H15NO7S. The van der Waals surface area contributed by atoms with Crippen LogP contribution in [0.5, 0.6) is 0 Å². The predicted octanol–water partition coefficient (Wildman–Crippen LogP) is -1.18. The molecule has 0 bridgehead atoms. The van der Waals surface area contributed by atoms with Crippen LogP contribution in [0.3, 0.4) is 0 Å². The number of sulfonamides is 1. The zero-order valence-electron chi connectivity index (χ0n) is 9.33. The summed E-state index contributed by atoms with van der Waals surface area (Å²) in [5.74, 6) is -3.15. The Morgan fingerprint density at radius 2 is 1.65 bits per heavy atom. The Bertz CT molecular complexity index is 348. The molecule has 0 aliphatic rings. The summed E-state index contributed by atoms with van der Waals surface area (Å²) in [6.07, 6.45) is 0.175. The lowest BCUT2D eigenvalue weighted by Gasteiger charge is -2.17. The van der Waals surface area contributed by atoms with Crippen LogP contribution in [0, 0.1) is 0 Å². The van der Waals surface area contributed by atoms with Crippen LogP contribution < -0.4 is 0 Å². The van der Waals surface area contributed by atoms with Crippen LogP contribution in [0.15, 0.2) is 0 Å². The fourth-order valence-corrected chi connectivity index (χ4v) is 2.42. The summed E-state index contributed by atoms with van der Waals surface area (Å²) in [4.78, 5) is 20.9. The van der Waals surface area contributed by atoms with Crippen LogP contribution in [-0.2, 0) is 24.3 Å². The van der Waals surface area contributed by atoms with Gasteiger partial charge in [-0.2, -0.15) is 4.31 Å². The molecule has 0 atom stereocenters. The minimum absolute atomic E-state index is 0.175. The summed E-state index contributed by atoms with van der Waals surface area (Å²) in [7, 11) is -2.49. The highest BCUT2D eigenvalue weighted by molar-refractivity contribution is 7.89. The van der Waals surface area contributed by atoms with E-state index in [1.807, 2.05) is 0 Å². The minimum Gasteiger partial charge on any atom is -0.480 e. The van der Waals surface area contributed by atoms with E-state index in [-0.39, 0.29) is 18.8 Å². The number of carbonyl (C=O) groups is 2. The smallest absolute Gasteiger partial charge is 0.318 e. The summed E-state index contributed by atoms with van der Waals surface area (Å²) in [5.41, 5.74) is 0. The van der Waals surface area contributed by atoms with E-state index in [0.29, 0.717) is 4.31 Å². The highest BCUT2D eigenvalue weighted by atomic mass is 32.2. The van der Waals surface area contributed by atoms with Crippen LogP contribution in [0.4, 0.5) is 0 Å². The van der Waals surface area contributed by atoms with Gasteiger partial charge in [0.25, 0.3) is 0 Å². The Hall–Kier alpha value is -1.19. The zero-order chi connectivity index (χ0) is 13.5. The summed E-state index contributed by atoms with van der Waals surface area (Å²) < 4.78 is 28.3. The molecule has 100 valence electrons. The lowest BCUT2D eigenvalue weighted by Crippen LogP contribution is -2.40. The van der Waals surface area contributed by atoms with Crippen molar-refractivity contribution in [1.82, 2.24) is 4.31 Å². The van der Waals surface area contributed by atoms with Crippen molar-refractivity contribution >= 4 is 22.0 Å². The molecule has 17 heavy (non-hydrogen) atoms. The summed E-state index contributed by atoms with van der Waals surface area (Å²) in [6.45, 7) is -1.52. The normalized spacial score (nSPS) is 11.6. The van der Waals surface area contributed by atoms with Gasteiger partial charge in [0.15, 0.2) is 0 Å². The number of hydrogen-bond acceptors (Lipinski definition) is 5. The van der Waals surface area contributed by atoms with E-state index in [4.69, 9.17) is 10.2 Å². The summed E-state index contributed by atoms with van der Waals surface area (Å²) >= 11 is 0. The molecule has 0 aromatic heterocycles. The molecule has 0 aliphatic carbocycles. The highest BCUT2D eigenvalue weighted by Crippen LogP contribution is 2.03. The second kappa shape index (κ2) is 7.20. The van der Waals surface area contributed by atoms with E-state index in [0.717, 1.165) is 0 Å². The van der Waals surface area contributed by atoms with Crippen molar-refractivity contribution in [2.75, 3.05) is 32.6 Å². The van der Waals surface area contributed by atoms with Crippen molar-refractivity contribution < 1.29 is 33.0 Å². The first-order valence-corrected chi connectivity index (χ1v) is 6.31. The van der Waals surface area contributed by atoms with Crippen LogP contribution in [-0.4, -0.2) is 67.4 Å². The molecule has 0 saturated heterocycles. The molecule has 0 aliphatic heterocycles. The average Bonchev–Trinajstić information content (AvgIpc) is 2.15. The summed E-state index contributed by atoms with van der Waals surface area (Å²) in [5, 5.41) is 17.0. The molecule has 0 aromatic carbocycles. The lowest BCUT2D eigenvalue weighted by atomic mass is 10.5. The summed E-state index contributed by atoms with van der Waals surface area (Å²) in [6, 6.07) is 0. The molecule has 9 heteroatoms. The third-order valence-electron chi connectivity index (χ3n) is 1.77. The molecule has 0 unspecified atom stereocenters. The third kappa shape index (κ3) is 6.87. The Labute approximate surface area is 98.8 Å². The molecule has 0 saturated carbocycles. The Balaban J connectivity index is 4.64. The van der Waals surface area contributed by atoms with E-state index in [1.54, 1.807) is 0 Å². The van der Waals surface area contributed by atoms with E-state index < -0.39 is 35.1 Å². The molecule has 0 radical (unpaired) electrons. The topological polar surface area (TPSA) is 121 Å². The minimum atomic E-state index is -3.89. The van der Waals surface area contributed by atoms with Gasteiger partial charge >= 0.3 is 11.9 Å². The van der Waals surface area contributed by atoms with Gasteiger partial charge in [-0.15, -0.1) is 0 Å². The largest absolute Gasteiger partial charge is 0.480 e. The Morgan fingerprint density at radius 3 is 2.00 bits per heavy atom. The number of nitrogens with zero attached hydrogens (tertiary/aromatic N) is 1. The molecule has 8 nitrogen and oxygen atoms in total. The van der Waals surface area contributed by atoms with Crippen molar-refractivity contribution in [2.45, 2.75) is 6.42 Å². The van der Waals surface area contributed by atoms with E-state index in [9.17, 15) is 18.0 Å². The fourth-order valence-electron chi connectivity index (χ4n) is 1.07. The lowest BCUT2D eigenvalue weighted by molar-refractivity contribution is -0.139. The van der Waals surface area contributed by atoms with E-state index in [2.05, 4.69) is 4.74 Å². The average molecular weight is 269 g/mol. The number of carboxylic acid groups (broad SMARTS) is 2. The van der Waals surface area contributed by atoms with Gasteiger partial charge in [-0.3, -0.25) is 9.59 Å². The second-order valence-corrected chi connectivity index (χ2v) is 5.31. The number of carboxylic acids is 2. The number of hydrogen-bond donors (Lipinski definition) is 2. The monoisotopic (exact) mass is 269 g/mol. The van der Waals surface area contributed by atoms with Gasteiger partial charge in [0.1, 0.15) is 13.1 Å². The Kier molecular flexibility index (Phi) is 6.69. The zero-order valence-corrected chi connectivity index (χ0v) is 10.1. The molecule has 0 spiro atoms. The Morgan fingerprint density at radius 1 is 1.18 bits per heavy atom. The molecule has 0 aromatic rings. The first-order valence-electron chi connectivity index (χ1n) is 4.70. The maximum absolute atomic E-state index is 11.6. The second-order valence-electron chi connectivity index (χ2n) is 3.22. The molecule has 0 heterocycles. The predicted molar refractivity (Wildman–Crippen MR) is 57.1 cm³/mol. The van der Waals surface area contributed by atoms with Crippen LogP contribution >= 0.6 is 0 Å². The number of aliphatic carboxylic acids is 2. The van der Waals surface area contributed by atoms with Gasteiger partial charge in [0.05, 0.1) is 5.75 Å². The van der Waals surface area contributed by atoms with Gasteiger partial charge < -0.3 is 14.9 Å². The molecular weight excluding hydrogens is 254 g/mol. The van der Waals surface area contributed by atoms with Gasteiger partial charge in [-0.1, -0.05) is 0 Å². The maximum Gasteiger partial charge on any atom is 0.318 e. The first kappa shape index (κ1) is 15.8. The molecule has 2 N–H and O–H groups in total. The maximum atomic E-state index is 11.6. The van der Waals surface area contributed by atoms with Crippen LogP contribution in [0.2, 0.25) is 0 Å². The van der Waals surface area contributed by atoms with E-state index in [1.165, 1.54) is 7.11 Å². The van der Waals surface area contributed by atoms with E-state index >= 15 is 0 Å². The fraction of sp³-hybridized carbons (Fsp3) is 0.750. The van der Waals surface area contributed by atoms with Crippen LogP contribution in [0.1, 0.15) is 6.42 Å². The first-order chi connectivity index (χ1) is 7.79. The van der Waals surface area contributed by atoms with Gasteiger partial charge in [-0.05, 0) is 6.42 Å². The van der Waals surface area contributed by atoms with Crippen molar-refractivity contribution in [3.63, 3.8) is 0 Å². The SMILES string of the molecule is COCCCS(=O)(=O)N(CC(=O)O)CC(=O)O. The van der Waals surface area contributed by atoms with Gasteiger partial charge in [0.2, 0.25) is 10.0 Å². The van der Waals surface area contributed by atoms with Crippen molar-refractivity contribution in [2.24, 2.45) is 0 Å². The van der Waals surface area contributed by atoms with Crippen molar-refractivity contribution in [1.29, 1.82) is 0 Å². The number of methoxy groups -OCH3 is 1. The molecule has 0 amide bonds. The molecule has 0 rings (SSSR count). The highest BCUT2D eigenvalue weighted by Gasteiger charge is 2.26. The number of rotatable bonds is 9. The quantitative estimate of drug-likeness (QED) is 0.505. The third-order valence-corrected chi connectivity index (χ3v) is 3.62. The van der Waals surface area contributed by atoms with Gasteiger partial charge in [-0.25, -0.2) is 8.42 Å².